The lowest BCUT2D eigenvalue weighted by Crippen LogP contribution is -2.33. The number of carbonyl (C=O) groups is 2. The highest BCUT2D eigenvalue weighted by Crippen LogP contribution is 2.14. The number of nitrogens with one attached hydrogen (secondary N) is 2. The van der Waals surface area contributed by atoms with Crippen molar-refractivity contribution >= 4 is 23.2 Å². The topological polar surface area (TPSA) is 70.7 Å². The Hall–Kier alpha value is -2.86. The number of rotatable bonds is 9. The van der Waals surface area contributed by atoms with Gasteiger partial charge < -0.3 is 20.3 Å². The molecule has 26 heavy (non-hydrogen) atoms. The summed E-state index contributed by atoms with van der Waals surface area (Å²) in [6.07, 6.45) is 0. The van der Waals surface area contributed by atoms with Gasteiger partial charge in [-0.3, -0.25) is 9.59 Å². The fraction of sp³-hybridized carbons (Fsp3) is 0.300. The number of carbonyl (C=O) groups excluding carboxylic acids is 2. The van der Waals surface area contributed by atoms with E-state index in [4.69, 9.17) is 4.74 Å². The third-order valence-corrected chi connectivity index (χ3v) is 3.86. The Morgan fingerprint density at radius 2 is 1.73 bits per heavy atom. The molecule has 0 radical (unpaired) electrons. The lowest BCUT2D eigenvalue weighted by Gasteiger charge is -2.22. The molecule has 0 saturated heterocycles. The highest BCUT2D eigenvalue weighted by molar-refractivity contribution is 5.96. The molecule has 0 bridgehead atoms. The van der Waals surface area contributed by atoms with E-state index in [1.807, 2.05) is 42.2 Å². The quantitative estimate of drug-likeness (QED) is 0.678. The number of ether oxygens (including phenoxy) is 1. The van der Waals surface area contributed by atoms with E-state index >= 15 is 0 Å². The monoisotopic (exact) mass is 355 g/mol. The van der Waals surface area contributed by atoms with Crippen LogP contribution in [0.2, 0.25) is 0 Å². The summed E-state index contributed by atoms with van der Waals surface area (Å²) in [5, 5.41) is 5.62. The molecule has 0 atom stereocenters. The molecule has 0 heterocycles. The molecule has 0 aromatic heterocycles. The number of hydrogen-bond donors (Lipinski definition) is 2. The van der Waals surface area contributed by atoms with E-state index in [1.54, 1.807) is 31.4 Å². The summed E-state index contributed by atoms with van der Waals surface area (Å²) in [4.78, 5) is 26.2. The molecule has 2 amide bonds. The van der Waals surface area contributed by atoms with E-state index in [0.717, 1.165) is 12.2 Å². The molecule has 0 spiro atoms. The molecular formula is C20H25N3O3. The van der Waals surface area contributed by atoms with Crippen LogP contribution in [0, 0.1) is 0 Å². The fourth-order valence-electron chi connectivity index (χ4n) is 2.47. The second-order valence-corrected chi connectivity index (χ2v) is 5.72. The highest BCUT2D eigenvalue weighted by atomic mass is 16.5. The van der Waals surface area contributed by atoms with Crippen LogP contribution in [0.5, 0.6) is 0 Å². The van der Waals surface area contributed by atoms with Crippen molar-refractivity contribution < 1.29 is 14.3 Å². The number of para-hydroxylation sites is 1. The molecule has 138 valence electrons. The van der Waals surface area contributed by atoms with Gasteiger partial charge in [0.15, 0.2) is 0 Å². The van der Waals surface area contributed by atoms with Crippen molar-refractivity contribution in [3.8, 4) is 0 Å². The Kier molecular flexibility index (Phi) is 7.64. The van der Waals surface area contributed by atoms with E-state index < -0.39 is 0 Å². The van der Waals surface area contributed by atoms with E-state index in [1.165, 1.54) is 0 Å². The molecule has 6 nitrogen and oxygen atoms in total. The van der Waals surface area contributed by atoms with Gasteiger partial charge in [-0.05, 0) is 43.3 Å². The average molecular weight is 355 g/mol. The van der Waals surface area contributed by atoms with E-state index in [-0.39, 0.29) is 18.4 Å². The van der Waals surface area contributed by atoms with Gasteiger partial charge >= 0.3 is 0 Å². The average Bonchev–Trinajstić information content (AvgIpc) is 2.67. The first kappa shape index (κ1) is 19.5. The summed E-state index contributed by atoms with van der Waals surface area (Å²) >= 11 is 0. The maximum absolute atomic E-state index is 12.3. The van der Waals surface area contributed by atoms with E-state index in [0.29, 0.717) is 24.4 Å². The van der Waals surface area contributed by atoms with Gasteiger partial charge in [0.25, 0.3) is 5.91 Å². The molecule has 2 aromatic rings. The largest absolute Gasteiger partial charge is 0.383 e. The summed E-state index contributed by atoms with van der Waals surface area (Å²) in [5.74, 6) is -0.269. The van der Waals surface area contributed by atoms with Crippen molar-refractivity contribution in [1.82, 2.24) is 5.32 Å². The maximum atomic E-state index is 12.3. The van der Waals surface area contributed by atoms with Crippen molar-refractivity contribution in [1.29, 1.82) is 0 Å². The summed E-state index contributed by atoms with van der Waals surface area (Å²) in [5.41, 5.74) is 2.21. The van der Waals surface area contributed by atoms with Gasteiger partial charge in [0.05, 0.1) is 13.2 Å². The fourth-order valence-corrected chi connectivity index (χ4v) is 2.47. The minimum atomic E-state index is -0.166. The molecule has 6 heteroatoms. The van der Waals surface area contributed by atoms with Crippen LogP contribution < -0.4 is 15.5 Å². The van der Waals surface area contributed by atoms with Crippen LogP contribution >= 0.6 is 0 Å². The number of methoxy groups -OCH3 is 1. The van der Waals surface area contributed by atoms with Gasteiger partial charge in [-0.15, -0.1) is 0 Å². The van der Waals surface area contributed by atoms with Crippen molar-refractivity contribution in [3.05, 3.63) is 60.2 Å². The SMILES string of the molecule is CCN(CC(=O)Nc1ccc(C(=O)NCCOC)cc1)c1ccccc1. The number of hydrogen-bond acceptors (Lipinski definition) is 4. The standard InChI is InChI=1S/C20H25N3O3/c1-3-23(18-7-5-4-6-8-18)15-19(24)22-17-11-9-16(10-12-17)20(25)21-13-14-26-2/h4-12H,3,13-15H2,1-2H3,(H,21,25)(H,22,24). The smallest absolute Gasteiger partial charge is 0.251 e. The first-order chi connectivity index (χ1) is 12.6. The molecule has 0 saturated carbocycles. The third-order valence-electron chi connectivity index (χ3n) is 3.86. The van der Waals surface area contributed by atoms with Crippen LogP contribution in [0.25, 0.3) is 0 Å². The van der Waals surface area contributed by atoms with Crippen LogP contribution in [0.3, 0.4) is 0 Å². The van der Waals surface area contributed by atoms with E-state index in [2.05, 4.69) is 10.6 Å². The van der Waals surface area contributed by atoms with Gasteiger partial charge in [-0.25, -0.2) is 0 Å². The third kappa shape index (κ3) is 5.89. The molecule has 0 aliphatic carbocycles. The summed E-state index contributed by atoms with van der Waals surface area (Å²) in [6.45, 7) is 3.93. The van der Waals surface area contributed by atoms with Gasteiger partial charge in [-0.2, -0.15) is 0 Å². The minimum Gasteiger partial charge on any atom is -0.383 e. The number of nitrogens with zero attached hydrogens (tertiary/aromatic N) is 1. The second kappa shape index (κ2) is 10.2. The van der Waals surface area contributed by atoms with Gasteiger partial charge in [-0.1, -0.05) is 18.2 Å². The predicted molar refractivity (Wildman–Crippen MR) is 104 cm³/mol. The minimum absolute atomic E-state index is 0.104. The summed E-state index contributed by atoms with van der Waals surface area (Å²) in [7, 11) is 1.58. The van der Waals surface area contributed by atoms with Crippen molar-refractivity contribution in [3.63, 3.8) is 0 Å². The Balaban J connectivity index is 1.89. The number of amides is 2. The summed E-state index contributed by atoms with van der Waals surface area (Å²) in [6, 6.07) is 16.6. The Bertz CT molecular complexity index is 702. The van der Waals surface area contributed by atoms with Crippen LogP contribution in [-0.4, -0.2) is 45.2 Å². The molecule has 0 aliphatic rings. The van der Waals surface area contributed by atoms with Gasteiger partial charge in [0.1, 0.15) is 0 Å². The lowest BCUT2D eigenvalue weighted by atomic mass is 10.2. The van der Waals surface area contributed by atoms with Crippen molar-refractivity contribution in [2.24, 2.45) is 0 Å². The molecule has 0 fully saturated rings. The van der Waals surface area contributed by atoms with Crippen molar-refractivity contribution in [2.75, 3.05) is 43.6 Å². The second-order valence-electron chi connectivity index (χ2n) is 5.72. The predicted octanol–water partition coefficient (Wildman–Crippen LogP) is 2.53. The molecule has 2 aromatic carbocycles. The van der Waals surface area contributed by atoms with Gasteiger partial charge in [0, 0.05) is 37.1 Å². The summed E-state index contributed by atoms with van der Waals surface area (Å²) < 4.78 is 4.90. The van der Waals surface area contributed by atoms with E-state index in [9.17, 15) is 9.59 Å². The van der Waals surface area contributed by atoms with Crippen molar-refractivity contribution in [2.45, 2.75) is 6.92 Å². The normalized spacial score (nSPS) is 10.2. The molecule has 2 rings (SSSR count). The van der Waals surface area contributed by atoms with Crippen LogP contribution in [0.15, 0.2) is 54.6 Å². The highest BCUT2D eigenvalue weighted by Gasteiger charge is 2.10. The molecular weight excluding hydrogens is 330 g/mol. The Morgan fingerprint density at radius 1 is 1.04 bits per heavy atom. The molecule has 0 aliphatic heterocycles. The Morgan fingerprint density at radius 3 is 2.35 bits per heavy atom. The zero-order valence-electron chi connectivity index (χ0n) is 15.2. The van der Waals surface area contributed by atoms with Crippen LogP contribution in [-0.2, 0) is 9.53 Å². The zero-order valence-corrected chi connectivity index (χ0v) is 15.2. The number of likely N-dealkylation sites (N-methyl/N-ethyl adjacent to an activating group) is 1. The Labute approximate surface area is 154 Å². The molecule has 2 N–H and O–H groups in total. The number of benzene rings is 2. The van der Waals surface area contributed by atoms with Gasteiger partial charge in [0.2, 0.25) is 5.91 Å². The zero-order chi connectivity index (χ0) is 18.8. The first-order valence-electron chi connectivity index (χ1n) is 8.61. The van der Waals surface area contributed by atoms with Crippen LogP contribution in [0.1, 0.15) is 17.3 Å². The first-order valence-corrected chi connectivity index (χ1v) is 8.61. The lowest BCUT2D eigenvalue weighted by molar-refractivity contribution is -0.115. The maximum Gasteiger partial charge on any atom is 0.251 e. The number of anilines is 2. The molecule has 0 unspecified atom stereocenters. The van der Waals surface area contributed by atoms with Crippen LogP contribution in [0.4, 0.5) is 11.4 Å².